The molecule has 0 amide bonds. The Kier molecular flexibility index (Phi) is 4.06. The first-order valence-electron chi connectivity index (χ1n) is 6.78. The van der Waals surface area contributed by atoms with Crippen LogP contribution in [0.3, 0.4) is 0 Å². The summed E-state index contributed by atoms with van der Waals surface area (Å²) in [6.45, 7) is -0.258. The summed E-state index contributed by atoms with van der Waals surface area (Å²) in [6.07, 6.45) is -3.46. The number of rotatable bonds is 4. The van der Waals surface area contributed by atoms with E-state index in [-0.39, 0.29) is 18.9 Å². The fourth-order valence-electron chi connectivity index (χ4n) is 2.16. The van der Waals surface area contributed by atoms with Gasteiger partial charge in [0, 0.05) is 12.6 Å². The number of aromatic nitrogens is 4. The highest BCUT2D eigenvalue weighted by Crippen LogP contribution is 2.31. The summed E-state index contributed by atoms with van der Waals surface area (Å²) in [6, 6.07) is 4.22. The minimum Gasteiger partial charge on any atom is -0.390 e. The molecule has 10 heteroatoms. The zero-order valence-electron chi connectivity index (χ0n) is 12.0. The van der Waals surface area contributed by atoms with Crippen LogP contribution in [0.5, 0.6) is 0 Å². The maximum absolute atomic E-state index is 13.6. The maximum Gasteiger partial charge on any atom is 0.419 e. The molecule has 0 aliphatic heterocycles. The van der Waals surface area contributed by atoms with Gasteiger partial charge in [-0.2, -0.15) is 27.8 Å². The molecule has 0 saturated heterocycles. The number of aliphatic hydroxyl groups excluding tert-OH is 1. The quantitative estimate of drug-likeness (QED) is 0.713. The molecule has 3 rings (SSSR count). The Balaban J connectivity index is 1.84. The van der Waals surface area contributed by atoms with Crippen molar-refractivity contribution in [3.05, 3.63) is 53.2 Å². The number of nitrogens with one attached hydrogen (secondary N) is 1. The molecule has 2 N–H and O–H groups in total. The topological polar surface area (TPSA) is 75.3 Å². The number of nitrogens with zero attached hydrogens (tertiary/aromatic N) is 4. The van der Waals surface area contributed by atoms with E-state index in [1.54, 1.807) is 0 Å². The molecule has 2 heterocycles. The predicted octanol–water partition coefficient (Wildman–Crippen LogP) is 2.39. The summed E-state index contributed by atoms with van der Waals surface area (Å²) in [5, 5.41) is 16.0. The second-order valence-electron chi connectivity index (χ2n) is 4.93. The average molecular weight is 341 g/mol. The lowest BCUT2D eigenvalue weighted by molar-refractivity contribution is -0.140. The number of anilines is 1. The Bertz CT molecular complexity index is 877. The van der Waals surface area contributed by atoms with E-state index in [9.17, 15) is 22.7 Å². The van der Waals surface area contributed by atoms with Crippen molar-refractivity contribution in [2.24, 2.45) is 0 Å². The molecule has 1 aromatic carbocycles. The van der Waals surface area contributed by atoms with E-state index < -0.39 is 17.6 Å². The van der Waals surface area contributed by atoms with Crippen molar-refractivity contribution in [1.82, 2.24) is 19.6 Å². The normalized spacial score (nSPS) is 11.9. The average Bonchev–Trinajstić information content (AvgIpc) is 2.99. The van der Waals surface area contributed by atoms with Crippen molar-refractivity contribution in [2.75, 3.05) is 5.32 Å². The van der Waals surface area contributed by atoms with E-state index in [0.29, 0.717) is 23.1 Å². The van der Waals surface area contributed by atoms with E-state index in [1.807, 2.05) is 0 Å². The highest BCUT2D eigenvalue weighted by molar-refractivity contribution is 5.45. The number of alkyl halides is 3. The highest BCUT2D eigenvalue weighted by atomic mass is 19.4. The van der Waals surface area contributed by atoms with Crippen LogP contribution in [0.2, 0.25) is 0 Å². The van der Waals surface area contributed by atoms with Crippen LogP contribution in [0.1, 0.15) is 16.8 Å². The Labute approximate surface area is 132 Å². The second kappa shape index (κ2) is 6.04. The smallest absolute Gasteiger partial charge is 0.390 e. The fourth-order valence-corrected chi connectivity index (χ4v) is 2.16. The summed E-state index contributed by atoms with van der Waals surface area (Å²) in [5.74, 6) is -0.664. The standard InChI is InChI=1S/C14H11F4N5O/c15-11-3-8(1-2-10(11)14(16,17)18)5-19-12-4-9(6-24)22-13-20-7-21-23(12)13/h1-4,7,19,24H,5-6H2. The Morgan fingerprint density at radius 3 is 2.67 bits per heavy atom. The Morgan fingerprint density at radius 1 is 1.21 bits per heavy atom. The van der Waals surface area contributed by atoms with Crippen LogP contribution < -0.4 is 5.32 Å². The maximum atomic E-state index is 13.6. The third-order valence-electron chi connectivity index (χ3n) is 3.28. The van der Waals surface area contributed by atoms with Gasteiger partial charge in [-0.1, -0.05) is 6.07 Å². The number of hydrogen-bond acceptors (Lipinski definition) is 5. The molecule has 3 aromatic rings. The largest absolute Gasteiger partial charge is 0.419 e. The summed E-state index contributed by atoms with van der Waals surface area (Å²) < 4.78 is 52.6. The Morgan fingerprint density at radius 2 is 2.00 bits per heavy atom. The molecular formula is C14H11F4N5O. The molecule has 0 aliphatic rings. The first-order valence-corrected chi connectivity index (χ1v) is 6.78. The van der Waals surface area contributed by atoms with Crippen molar-refractivity contribution in [3.63, 3.8) is 0 Å². The van der Waals surface area contributed by atoms with Crippen LogP contribution in [0, 0.1) is 5.82 Å². The van der Waals surface area contributed by atoms with E-state index in [2.05, 4.69) is 20.4 Å². The van der Waals surface area contributed by atoms with Crippen LogP contribution in [0.25, 0.3) is 5.78 Å². The lowest BCUT2D eigenvalue weighted by Crippen LogP contribution is -2.10. The van der Waals surface area contributed by atoms with Gasteiger partial charge in [0.2, 0.25) is 0 Å². The Hall–Kier alpha value is -2.75. The van der Waals surface area contributed by atoms with Crippen molar-refractivity contribution in [2.45, 2.75) is 19.3 Å². The molecular weight excluding hydrogens is 330 g/mol. The number of hydrogen-bond donors (Lipinski definition) is 2. The molecule has 0 radical (unpaired) electrons. The van der Waals surface area contributed by atoms with Gasteiger partial charge in [-0.25, -0.2) is 9.37 Å². The van der Waals surface area contributed by atoms with Gasteiger partial charge in [0.15, 0.2) is 0 Å². The van der Waals surface area contributed by atoms with Gasteiger partial charge in [0.05, 0.1) is 17.9 Å². The predicted molar refractivity (Wildman–Crippen MR) is 75.4 cm³/mol. The minimum atomic E-state index is -4.73. The van der Waals surface area contributed by atoms with E-state index in [0.717, 1.165) is 6.07 Å². The molecule has 24 heavy (non-hydrogen) atoms. The van der Waals surface area contributed by atoms with Crippen LogP contribution in [0.15, 0.2) is 30.6 Å². The van der Waals surface area contributed by atoms with Gasteiger partial charge in [-0.3, -0.25) is 0 Å². The van der Waals surface area contributed by atoms with E-state index in [1.165, 1.54) is 23.0 Å². The molecule has 0 atom stereocenters. The van der Waals surface area contributed by atoms with Gasteiger partial charge in [0.25, 0.3) is 5.78 Å². The minimum absolute atomic E-state index is 0.0545. The summed E-state index contributed by atoms with van der Waals surface area (Å²) >= 11 is 0. The third kappa shape index (κ3) is 3.13. The van der Waals surface area contributed by atoms with Gasteiger partial charge in [-0.15, -0.1) is 0 Å². The molecule has 6 nitrogen and oxygen atoms in total. The first kappa shape index (κ1) is 16.1. The summed E-state index contributed by atoms with van der Waals surface area (Å²) in [7, 11) is 0. The number of benzene rings is 1. The van der Waals surface area contributed by atoms with Crippen LogP contribution in [-0.4, -0.2) is 24.7 Å². The van der Waals surface area contributed by atoms with Crippen LogP contribution in [0.4, 0.5) is 23.4 Å². The fraction of sp³-hybridized carbons (Fsp3) is 0.214. The van der Waals surface area contributed by atoms with E-state index in [4.69, 9.17) is 0 Å². The van der Waals surface area contributed by atoms with Gasteiger partial charge < -0.3 is 10.4 Å². The first-order chi connectivity index (χ1) is 11.4. The lowest BCUT2D eigenvalue weighted by atomic mass is 10.1. The second-order valence-corrected chi connectivity index (χ2v) is 4.93. The molecule has 0 saturated carbocycles. The third-order valence-corrected chi connectivity index (χ3v) is 3.28. The zero-order valence-corrected chi connectivity index (χ0v) is 12.0. The van der Waals surface area contributed by atoms with E-state index >= 15 is 0 Å². The molecule has 2 aromatic heterocycles. The number of halogens is 4. The number of aliphatic hydroxyl groups is 1. The lowest BCUT2D eigenvalue weighted by Gasteiger charge is -2.11. The van der Waals surface area contributed by atoms with Crippen LogP contribution in [-0.2, 0) is 19.3 Å². The monoisotopic (exact) mass is 341 g/mol. The van der Waals surface area contributed by atoms with Crippen LogP contribution >= 0.6 is 0 Å². The molecule has 126 valence electrons. The summed E-state index contributed by atoms with van der Waals surface area (Å²) in [4.78, 5) is 7.94. The van der Waals surface area contributed by atoms with Gasteiger partial charge in [-0.05, 0) is 17.7 Å². The van der Waals surface area contributed by atoms with Crippen molar-refractivity contribution in [1.29, 1.82) is 0 Å². The summed E-state index contributed by atoms with van der Waals surface area (Å²) in [5.41, 5.74) is -0.649. The molecule has 0 fully saturated rings. The van der Waals surface area contributed by atoms with Crippen molar-refractivity contribution < 1.29 is 22.7 Å². The highest BCUT2D eigenvalue weighted by Gasteiger charge is 2.33. The van der Waals surface area contributed by atoms with Gasteiger partial charge >= 0.3 is 6.18 Å². The molecule has 0 aliphatic carbocycles. The number of fused-ring (bicyclic) bond motifs is 1. The molecule has 0 unspecified atom stereocenters. The van der Waals surface area contributed by atoms with Crippen molar-refractivity contribution in [3.8, 4) is 0 Å². The SMILES string of the molecule is OCc1cc(NCc2ccc(C(F)(F)F)c(F)c2)n2ncnc2n1. The molecule has 0 bridgehead atoms. The van der Waals surface area contributed by atoms with Gasteiger partial charge in [0.1, 0.15) is 18.0 Å². The zero-order chi connectivity index (χ0) is 17.3. The van der Waals surface area contributed by atoms with Crippen molar-refractivity contribution >= 4 is 11.6 Å². The molecule has 0 spiro atoms.